The van der Waals surface area contributed by atoms with Gasteiger partial charge in [0.1, 0.15) is 5.82 Å². The third-order valence-corrected chi connectivity index (χ3v) is 7.13. The van der Waals surface area contributed by atoms with Crippen molar-refractivity contribution in [1.29, 1.82) is 0 Å². The number of nitrogens with one attached hydrogen (secondary N) is 1. The van der Waals surface area contributed by atoms with Crippen molar-refractivity contribution >= 4 is 16.9 Å². The molecule has 0 aliphatic carbocycles. The SMILES string of the molecule is COc1cc(C(=O)NCCc2nc3ccccc3n2Cc2c(C)c(C)cc(C)c2C)cc(OC)c1OC. The molecule has 1 N–H and O–H groups in total. The van der Waals surface area contributed by atoms with Crippen molar-refractivity contribution in [3.63, 3.8) is 0 Å². The maximum absolute atomic E-state index is 13.0. The molecule has 0 saturated carbocycles. The molecule has 0 fully saturated rings. The van der Waals surface area contributed by atoms with Crippen LogP contribution in [-0.2, 0) is 13.0 Å². The lowest BCUT2D eigenvalue weighted by Crippen LogP contribution is -2.26. The zero-order chi connectivity index (χ0) is 26.7. The van der Waals surface area contributed by atoms with Gasteiger partial charge in [-0.15, -0.1) is 0 Å². The summed E-state index contributed by atoms with van der Waals surface area (Å²) >= 11 is 0. The second-order valence-electron chi connectivity index (χ2n) is 9.26. The van der Waals surface area contributed by atoms with Gasteiger partial charge in [-0.2, -0.15) is 0 Å². The summed E-state index contributed by atoms with van der Waals surface area (Å²) in [6.45, 7) is 9.87. The molecule has 0 atom stereocenters. The largest absolute Gasteiger partial charge is 0.493 e. The zero-order valence-electron chi connectivity index (χ0n) is 22.7. The standard InChI is InChI=1S/C30H35N3O4/c1-18-14-19(2)21(4)23(20(18)3)17-33-25-11-9-8-10-24(25)32-28(33)12-13-31-30(34)22-15-26(35-5)29(37-7)27(16-22)36-6/h8-11,14-16H,12-13,17H2,1-7H3,(H,31,34). The van der Waals surface area contributed by atoms with Crippen molar-refractivity contribution in [2.24, 2.45) is 0 Å². The van der Waals surface area contributed by atoms with Gasteiger partial charge in [0.25, 0.3) is 5.91 Å². The number of para-hydroxylation sites is 2. The number of aryl methyl sites for hydroxylation is 2. The molecule has 0 bridgehead atoms. The number of fused-ring (bicyclic) bond motifs is 1. The van der Waals surface area contributed by atoms with E-state index in [0.717, 1.165) is 23.4 Å². The second-order valence-corrected chi connectivity index (χ2v) is 9.26. The quantitative estimate of drug-likeness (QED) is 0.336. The first kappa shape index (κ1) is 26.1. The van der Waals surface area contributed by atoms with Crippen molar-refractivity contribution in [2.45, 2.75) is 40.7 Å². The van der Waals surface area contributed by atoms with E-state index in [9.17, 15) is 4.79 Å². The van der Waals surface area contributed by atoms with Crippen LogP contribution in [-0.4, -0.2) is 43.3 Å². The van der Waals surface area contributed by atoms with E-state index < -0.39 is 0 Å². The van der Waals surface area contributed by atoms with Crippen molar-refractivity contribution < 1.29 is 19.0 Å². The Morgan fingerprint density at radius 2 is 1.51 bits per heavy atom. The van der Waals surface area contributed by atoms with Gasteiger partial charge < -0.3 is 24.1 Å². The molecule has 0 unspecified atom stereocenters. The van der Waals surface area contributed by atoms with E-state index >= 15 is 0 Å². The molecule has 7 nitrogen and oxygen atoms in total. The monoisotopic (exact) mass is 501 g/mol. The molecule has 0 aliphatic rings. The maximum atomic E-state index is 13.0. The first-order chi connectivity index (χ1) is 17.8. The number of carbonyl (C=O) groups excluding carboxylic acids is 1. The number of rotatable bonds is 9. The Morgan fingerprint density at radius 1 is 0.892 bits per heavy atom. The Balaban J connectivity index is 1.59. The Kier molecular flexibility index (Phi) is 7.71. The Labute approximate surface area is 218 Å². The van der Waals surface area contributed by atoms with Gasteiger partial charge in [-0.1, -0.05) is 18.2 Å². The fourth-order valence-corrected chi connectivity index (χ4v) is 4.79. The fourth-order valence-electron chi connectivity index (χ4n) is 4.79. The van der Waals surface area contributed by atoms with Crippen LogP contribution in [0.2, 0.25) is 0 Å². The average Bonchev–Trinajstić information content (AvgIpc) is 3.25. The van der Waals surface area contributed by atoms with Crippen LogP contribution in [0.4, 0.5) is 0 Å². The predicted molar refractivity (Wildman–Crippen MR) is 146 cm³/mol. The smallest absolute Gasteiger partial charge is 0.251 e. The summed E-state index contributed by atoms with van der Waals surface area (Å²) in [6, 6.07) is 13.7. The summed E-state index contributed by atoms with van der Waals surface area (Å²) in [5, 5.41) is 3.02. The molecule has 1 heterocycles. The van der Waals surface area contributed by atoms with E-state index in [1.807, 2.05) is 18.2 Å². The summed E-state index contributed by atoms with van der Waals surface area (Å²) < 4.78 is 18.4. The number of benzene rings is 3. The van der Waals surface area contributed by atoms with Crippen LogP contribution in [0.1, 0.15) is 44.0 Å². The molecular formula is C30H35N3O4. The summed E-state index contributed by atoms with van der Waals surface area (Å²) in [5.41, 5.74) is 9.00. The van der Waals surface area contributed by atoms with E-state index in [1.165, 1.54) is 49.1 Å². The lowest BCUT2D eigenvalue weighted by Gasteiger charge is -2.18. The molecule has 37 heavy (non-hydrogen) atoms. The number of methoxy groups -OCH3 is 3. The van der Waals surface area contributed by atoms with E-state index in [4.69, 9.17) is 19.2 Å². The van der Waals surface area contributed by atoms with Crippen LogP contribution in [0.3, 0.4) is 0 Å². The third kappa shape index (κ3) is 5.12. The van der Waals surface area contributed by atoms with Crippen molar-refractivity contribution in [3.05, 3.63) is 81.7 Å². The molecule has 4 aromatic rings. The number of hydrogen-bond donors (Lipinski definition) is 1. The molecule has 4 rings (SSSR count). The van der Waals surface area contributed by atoms with Gasteiger partial charge in [0.05, 0.1) is 32.4 Å². The Hall–Kier alpha value is -4.00. The van der Waals surface area contributed by atoms with Gasteiger partial charge >= 0.3 is 0 Å². The van der Waals surface area contributed by atoms with Gasteiger partial charge in [0.15, 0.2) is 11.5 Å². The van der Waals surface area contributed by atoms with Crippen LogP contribution >= 0.6 is 0 Å². The normalized spacial score (nSPS) is 11.0. The van der Waals surface area contributed by atoms with Gasteiger partial charge in [-0.05, 0) is 79.8 Å². The number of amides is 1. The highest BCUT2D eigenvalue weighted by atomic mass is 16.5. The number of imidazole rings is 1. The highest BCUT2D eigenvalue weighted by Gasteiger charge is 2.18. The van der Waals surface area contributed by atoms with Crippen LogP contribution in [0, 0.1) is 27.7 Å². The number of aromatic nitrogens is 2. The molecule has 0 saturated heterocycles. The van der Waals surface area contributed by atoms with E-state index in [1.54, 1.807) is 12.1 Å². The zero-order valence-corrected chi connectivity index (χ0v) is 22.7. The lowest BCUT2D eigenvalue weighted by molar-refractivity contribution is 0.0953. The minimum absolute atomic E-state index is 0.220. The van der Waals surface area contributed by atoms with Crippen LogP contribution in [0.5, 0.6) is 17.2 Å². The van der Waals surface area contributed by atoms with Gasteiger partial charge in [0, 0.05) is 25.1 Å². The van der Waals surface area contributed by atoms with E-state index in [0.29, 0.717) is 35.8 Å². The average molecular weight is 502 g/mol. The number of hydrogen-bond acceptors (Lipinski definition) is 5. The molecule has 1 aromatic heterocycles. The summed E-state index contributed by atoms with van der Waals surface area (Å²) in [6.07, 6.45) is 0.591. The van der Waals surface area contributed by atoms with Crippen molar-refractivity contribution in [3.8, 4) is 17.2 Å². The lowest BCUT2D eigenvalue weighted by atomic mass is 9.94. The molecule has 7 heteroatoms. The van der Waals surface area contributed by atoms with E-state index in [2.05, 4.69) is 49.7 Å². The van der Waals surface area contributed by atoms with Gasteiger partial charge in [-0.25, -0.2) is 4.98 Å². The minimum atomic E-state index is -0.220. The molecule has 0 aliphatic heterocycles. The topological polar surface area (TPSA) is 74.6 Å². The van der Waals surface area contributed by atoms with Crippen LogP contribution in [0.25, 0.3) is 11.0 Å². The Morgan fingerprint density at radius 3 is 2.11 bits per heavy atom. The highest BCUT2D eigenvalue weighted by molar-refractivity contribution is 5.95. The highest BCUT2D eigenvalue weighted by Crippen LogP contribution is 2.38. The Bertz CT molecular complexity index is 1400. The maximum Gasteiger partial charge on any atom is 0.251 e. The van der Waals surface area contributed by atoms with Gasteiger partial charge in [0.2, 0.25) is 5.75 Å². The summed E-state index contributed by atoms with van der Waals surface area (Å²) in [7, 11) is 4.60. The molecule has 3 aromatic carbocycles. The molecule has 1 amide bonds. The fraction of sp³-hybridized carbons (Fsp3) is 0.333. The first-order valence-corrected chi connectivity index (χ1v) is 12.4. The number of ether oxygens (including phenoxy) is 3. The second kappa shape index (κ2) is 10.9. The molecule has 194 valence electrons. The molecule has 0 spiro atoms. The number of nitrogens with zero attached hydrogens (tertiary/aromatic N) is 2. The van der Waals surface area contributed by atoms with Gasteiger partial charge in [-0.3, -0.25) is 4.79 Å². The molecular weight excluding hydrogens is 466 g/mol. The molecule has 0 radical (unpaired) electrons. The summed E-state index contributed by atoms with van der Waals surface area (Å²) in [5.74, 6) is 2.04. The first-order valence-electron chi connectivity index (χ1n) is 12.4. The minimum Gasteiger partial charge on any atom is -0.493 e. The van der Waals surface area contributed by atoms with Crippen LogP contribution < -0.4 is 19.5 Å². The van der Waals surface area contributed by atoms with Crippen molar-refractivity contribution in [2.75, 3.05) is 27.9 Å². The van der Waals surface area contributed by atoms with Crippen LogP contribution in [0.15, 0.2) is 42.5 Å². The summed E-state index contributed by atoms with van der Waals surface area (Å²) in [4.78, 5) is 17.9. The van der Waals surface area contributed by atoms with Crippen molar-refractivity contribution in [1.82, 2.24) is 14.9 Å². The third-order valence-electron chi connectivity index (χ3n) is 7.13. The number of carbonyl (C=O) groups is 1. The predicted octanol–water partition coefficient (Wildman–Crippen LogP) is 5.32. The van der Waals surface area contributed by atoms with E-state index in [-0.39, 0.29) is 5.91 Å².